The normalized spacial score (nSPS) is 10.8. The van der Waals surface area contributed by atoms with Crippen LogP contribution in [0.1, 0.15) is 5.69 Å². The molecule has 2 aromatic heterocycles. The highest BCUT2D eigenvalue weighted by Gasteiger charge is 2.11. The number of para-hydroxylation sites is 1. The van der Waals surface area contributed by atoms with Gasteiger partial charge in [-0.2, -0.15) is 5.10 Å². The summed E-state index contributed by atoms with van der Waals surface area (Å²) in [4.78, 5) is 8.55. The molecule has 0 fully saturated rings. The minimum Gasteiger partial charge on any atom is -0.340 e. The van der Waals surface area contributed by atoms with Crippen LogP contribution in [0.4, 0.5) is 11.5 Å². The van der Waals surface area contributed by atoms with Crippen LogP contribution >= 0.6 is 0 Å². The predicted octanol–water partition coefficient (Wildman–Crippen LogP) is 2.42. The van der Waals surface area contributed by atoms with Gasteiger partial charge in [-0.05, 0) is 19.1 Å². The fourth-order valence-corrected chi connectivity index (χ4v) is 2.03. The van der Waals surface area contributed by atoms with Crippen LogP contribution < -0.4 is 5.32 Å². The van der Waals surface area contributed by atoms with Crippen LogP contribution in [0.2, 0.25) is 0 Å². The van der Waals surface area contributed by atoms with E-state index < -0.39 is 0 Å². The number of rotatable bonds is 2. The smallest absolute Gasteiger partial charge is 0.163 e. The molecule has 0 bridgehead atoms. The molecule has 0 spiro atoms. The van der Waals surface area contributed by atoms with Crippen molar-refractivity contribution < 1.29 is 0 Å². The Morgan fingerprint density at radius 3 is 2.67 bits per heavy atom. The van der Waals surface area contributed by atoms with E-state index in [2.05, 4.69) is 20.4 Å². The summed E-state index contributed by atoms with van der Waals surface area (Å²) in [6.07, 6.45) is 1.55. The summed E-state index contributed by atoms with van der Waals surface area (Å²) in [5, 5.41) is 8.63. The summed E-state index contributed by atoms with van der Waals surface area (Å²) < 4.78 is 1.77. The Hall–Kier alpha value is -2.43. The van der Waals surface area contributed by atoms with Crippen molar-refractivity contribution in [2.45, 2.75) is 6.92 Å². The molecule has 0 unspecified atom stereocenters. The maximum Gasteiger partial charge on any atom is 0.163 e. The average Bonchev–Trinajstić information content (AvgIpc) is 2.67. The highest BCUT2D eigenvalue weighted by molar-refractivity contribution is 5.90. The quantitative estimate of drug-likeness (QED) is 0.746. The lowest BCUT2D eigenvalue weighted by Crippen LogP contribution is -1.97. The summed E-state index contributed by atoms with van der Waals surface area (Å²) in [5.41, 5.74) is 2.76. The van der Waals surface area contributed by atoms with E-state index in [-0.39, 0.29) is 0 Å². The molecule has 0 aliphatic rings. The average molecular weight is 239 g/mol. The molecule has 3 aromatic rings. The minimum atomic E-state index is 0.789. The number of hydrogen-bond donors (Lipinski definition) is 1. The van der Waals surface area contributed by atoms with Crippen molar-refractivity contribution in [3.8, 4) is 0 Å². The summed E-state index contributed by atoms with van der Waals surface area (Å²) in [6, 6.07) is 9.95. The van der Waals surface area contributed by atoms with Gasteiger partial charge in [-0.1, -0.05) is 18.2 Å². The molecule has 0 aliphatic carbocycles. The Bertz CT molecular complexity index is 687. The van der Waals surface area contributed by atoms with Gasteiger partial charge in [0.25, 0.3) is 0 Å². The third-order valence-electron chi connectivity index (χ3n) is 2.83. The third-order valence-corrected chi connectivity index (χ3v) is 2.83. The number of anilines is 2. The van der Waals surface area contributed by atoms with E-state index in [1.807, 2.05) is 44.3 Å². The standard InChI is InChI=1S/C13H13N5/c1-9-11-12(16-10-6-4-3-5-7-10)14-8-15-13(11)18(2)17-9/h3-8H,1-2H3,(H,14,15,16). The summed E-state index contributed by atoms with van der Waals surface area (Å²) in [6.45, 7) is 1.96. The molecule has 0 amide bonds. The minimum absolute atomic E-state index is 0.789. The highest BCUT2D eigenvalue weighted by Crippen LogP contribution is 2.24. The van der Waals surface area contributed by atoms with Crippen LogP contribution in [0.15, 0.2) is 36.7 Å². The number of nitrogens with one attached hydrogen (secondary N) is 1. The van der Waals surface area contributed by atoms with Crippen molar-refractivity contribution in [1.82, 2.24) is 19.7 Å². The topological polar surface area (TPSA) is 55.6 Å². The first-order valence-electron chi connectivity index (χ1n) is 5.72. The Morgan fingerprint density at radius 2 is 1.89 bits per heavy atom. The molecule has 18 heavy (non-hydrogen) atoms. The summed E-state index contributed by atoms with van der Waals surface area (Å²) >= 11 is 0. The lowest BCUT2D eigenvalue weighted by atomic mass is 10.2. The van der Waals surface area contributed by atoms with Crippen LogP contribution in [0.25, 0.3) is 11.0 Å². The van der Waals surface area contributed by atoms with Gasteiger partial charge in [0.2, 0.25) is 0 Å². The van der Waals surface area contributed by atoms with E-state index in [0.29, 0.717) is 0 Å². The lowest BCUT2D eigenvalue weighted by Gasteiger charge is -2.06. The third kappa shape index (κ3) is 1.69. The van der Waals surface area contributed by atoms with E-state index in [1.54, 1.807) is 11.0 Å². The maximum absolute atomic E-state index is 4.37. The van der Waals surface area contributed by atoms with Gasteiger partial charge in [0.05, 0.1) is 11.1 Å². The second kappa shape index (κ2) is 4.10. The first-order chi connectivity index (χ1) is 8.75. The van der Waals surface area contributed by atoms with Gasteiger partial charge in [0.15, 0.2) is 5.65 Å². The molecule has 1 N–H and O–H groups in total. The van der Waals surface area contributed by atoms with Gasteiger partial charge in [-0.15, -0.1) is 0 Å². The Balaban J connectivity index is 2.12. The molecule has 0 atom stereocenters. The van der Waals surface area contributed by atoms with E-state index in [9.17, 15) is 0 Å². The molecule has 0 saturated carbocycles. The van der Waals surface area contributed by atoms with Crippen LogP contribution in [0.3, 0.4) is 0 Å². The van der Waals surface area contributed by atoms with Crippen molar-refractivity contribution >= 4 is 22.5 Å². The lowest BCUT2D eigenvalue weighted by molar-refractivity contribution is 0.773. The van der Waals surface area contributed by atoms with Gasteiger partial charge >= 0.3 is 0 Å². The summed E-state index contributed by atoms with van der Waals surface area (Å²) in [7, 11) is 1.88. The highest BCUT2D eigenvalue weighted by atomic mass is 15.3. The maximum atomic E-state index is 4.37. The zero-order valence-corrected chi connectivity index (χ0v) is 10.3. The zero-order chi connectivity index (χ0) is 12.5. The van der Waals surface area contributed by atoms with Gasteiger partial charge < -0.3 is 5.32 Å². The van der Waals surface area contributed by atoms with E-state index >= 15 is 0 Å². The molecular weight excluding hydrogens is 226 g/mol. The van der Waals surface area contributed by atoms with Crippen molar-refractivity contribution in [3.63, 3.8) is 0 Å². The SMILES string of the molecule is Cc1nn(C)c2ncnc(Nc3ccccc3)c12. The Labute approximate surface area is 104 Å². The zero-order valence-electron chi connectivity index (χ0n) is 10.3. The fourth-order valence-electron chi connectivity index (χ4n) is 2.03. The van der Waals surface area contributed by atoms with Crippen molar-refractivity contribution in [2.24, 2.45) is 7.05 Å². The van der Waals surface area contributed by atoms with Crippen LogP contribution in [0.5, 0.6) is 0 Å². The number of benzene rings is 1. The first-order valence-corrected chi connectivity index (χ1v) is 5.72. The molecule has 90 valence electrons. The molecule has 5 heteroatoms. The molecule has 0 aliphatic heterocycles. The molecule has 2 heterocycles. The molecule has 1 aromatic carbocycles. The molecule has 0 saturated heterocycles. The molecule has 3 rings (SSSR count). The molecule has 0 radical (unpaired) electrons. The number of aromatic nitrogens is 4. The fraction of sp³-hybridized carbons (Fsp3) is 0.154. The summed E-state index contributed by atoms with van der Waals surface area (Å²) in [5.74, 6) is 0.789. The Kier molecular flexibility index (Phi) is 2.44. The largest absolute Gasteiger partial charge is 0.340 e. The predicted molar refractivity (Wildman–Crippen MR) is 70.8 cm³/mol. The van der Waals surface area contributed by atoms with E-state index in [0.717, 1.165) is 28.2 Å². The molecule has 5 nitrogen and oxygen atoms in total. The monoisotopic (exact) mass is 239 g/mol. The van der Waals surface area contributed by atoms with E-state index in [4.69, 9.17) is 0 Å². The Morgan fingerprint density at radius 1 is 1.11 bits per heavy atom. The van der Waals surface area contributed by atoms with Crippen LogP contribution in [0, 0.1) is 6.92 Å². The number of aryl methyl sites for hydroxylation is 2. The number of hydrogen-bond acceptors (Lipinski definition) is 4. The van der Waals surface area contributed by atoms with Crippen molar-refractivity contribution in [1.29, 1.82) is 0 Å². The van der Waals surface area contributed by atoms with Gasteiger partial charge in [-0.3, -0.25) is 4.68 Å². The first kappa shape index (κ1) is 10.7. The molecular formula is C13H13N5. The van der Waals surface area contributed by atoms with Gasteiger partial charge in [0, 0.05) is 12.7 Å². The number of fused-ring (bicyclic) bond motifs is 1. The second-order valence-corrected chi connectivity index (χ2v) is 4.12. The van der Waals surface area contributed by atoms with Crippen molar-refractivity contribution in [3.05, 3.63) is 42.4 Å². The van der Waals surface area contributed by atoms with Gasteiger partial charge in [0.1, 0.15) is 12.1 Å². The van der Waals surface area contributed by atoms with Crippen molar-refractivity contribution in [2.75, 3.05) is 5.32 Å². The van der Waals surface area contributed by atoms with Crippen LogP contribution in [-0.2, 0) is 7.05 Å². The van der Waals surface area contributed by atoms with Gasteiger partial charge in [-0.25, -0.2) is 9.97 Å². The van der Waals surface area contributed by atoms with E-state index in [1.165, 1.54) is 0 Å². The second-order valence-electron chi connectivity index (χ2n) is 4.12. The number of nitrogens with zero attached hydrogens (tertiary/aromatic N) is 4. The van der Waals surface area contributed by atoms with Crippen LogP contribution in [-0.4, -0.2) is 19.7 Å².